The van der Waals surface area contributed by atoms with Gasteiger partial charge in [-0.1, -0.05) is 12.1 Å². The molecule has 0 radical (unpaired) electrons. The first-order valence-electron chi connectivity index (χ1n) is 5.54. The predicted octanol–water partition coefficient (Wildman–Crippen LogP) is 2.41. The molecule has 0 atom stereocenters. The Bertz CT molecular complexity index is 627. The number of rotatable bonds is 2. The molecule has 0 spiro atoms. The van der Waals surface area contributed by atoms with Crippen LogP contribution in [0.5, 0.6) is 0 Å². The molecule has 0 bridgehead atoms. The minimum Gasteiger partial charge on any atom is -0.387 e. The van der Waals surface area contributed by atoms with Crippen LogP contribution in [0.4, 0.5) is 13.2 Å². The van der Waals surface area contributed by atoms with Crippen LogP contribution < -0.4 is 5.32 Å². The van der Waals surface area contributed by atoms with Gasteiger partial charge in [-0.05, 0) is 17.7 Å². The molecule has 1 saturated heterocycles. The minimum absolute atomic E-state index is 0.0511. The molecule has 104 valence electrons. The summed E-state index contributed by atoms with van der Waals surface area (Å²) in [6.45, 7) is 0.632. The van der Waals surface area contributed by atoms with Crippen molar-refractivity contribution in [3.8, 4) is 0 Å². The molecule has 7 heteroatoms. The van der Waals surface area contributed by atoms with E-state index in [2.05, 4.69) is 5.32 Å². The Kier molecular flexibility index (Phi) is 3.34. The topological polar surface area (TPSA) is 46.2 Å². The summed E-state index contributed by atoms with van der Waals surface area (Å²) in [5.41, 5.74) is -0.313. The number of alkyl halides is 3. The van der Waals surface area contributed by atoms with E-state index in [-0.39, 0.29) is 10.5 Å². The van der Waals surface area contributed by atoms with Crippen molar-refractivity contribution < 1.29 is 21.6 Å². The zero-order chi connectivity index (χ0) is 14.3. The van der Waals surface area contributed by atoms with Crippen LogP contribution in [0.25, 0.3) is 4.91 Å². The Morgan fingerprint density at radius 3 is 2.37 bits per heavy atom. The molecule has 1 aliphatic rings. The smallest absolute Gasteiger partial charge is 0.387 e. The van der Waals surface area contributed by atoms with E-state index in [9.17, 15) is 21.6 Å². The van der Waals surface area contributed by atoms with Crippen molar-refractivity contribution in [3.05, 3.63) is 41.1 Å². The van der Waals surface area contributed by atoms with E-state index in [1.165, 1.54) is 12.1 Å². The van der Waals surface area contributed by atoms with Crippen LogP contribution in [0.1, 0.15) is 17.5 Å². The van der Waals surface area contributed by atoms with Gasteiger partial charge in [-0.25, -0.2) is 8.42 Å². The molecule has 0 aromatic heterocycles. The molecule has 1 fully saturated rings. The lowest BCUT2D eigenvalue weighted by Gasteiger charge is -2.24. The van der Waals surface area contributed by atoms with E-state index >= 15 is 0 Å². The van der Waals surface area contributed by atoms with Crippen LogP contribution in [0.2, 0.25) is 0 Å². The van der Waals surface area contributed by atoms with Crippen molar-refractivity contribution in [2.75, 3.05) is 12.8 Å². The zero-order valence-corrected chi connectivity index (χ0v) is 10.9. The fraction of sp³-hybridized carbons (Fsp3) is 0.333. The monoisotopic (exact) mass is 291 g/mol. The maximum Gasteiger partial charge on any atom is 0.416 e. The highest BCUT2D eigenvalue weighted by molar-refractivity contribution is 8.00. The SMILES string of the molecule is CS(=O)(=O)C(=C1CCN1)c1cccc(C(F)(F)F)c1. The van der Waals surface area contributed by atoms with Crippen molar-refractivity contribution in [3.63, 3.8) is 0 Å². The second kappa shape index (κ2) is 4.56. The average molecular weight is 291 g/mol. The lowest BCUT2D eigenvalue weighted by atomic mass is 10.1. The highest BCUT2D eigenvalue weighted by Gasteiger charge is 2.32. The first-order valence-corrected chi connectivity index (χ1v) is 7.43. The highest BCUT2D eigenvalue weighted by atomic mass is 32.2. The first kappa shape index (κ1) is 13.9. The van der Waals surface area contributed by atoms with Crippen LogP contribution in [-0.2, 0) is 16.0 Å². The average Bonchev–Trinajstić information content (AvgIpc) is 2.20. The van der Waals surface area contributed by atoms with E-state index in [0.717, 1.165) is 18.4 Å². The Balaban J connectivity index is 2.57. The van der Waals surface area contributed by atoms with Gasteiger partial charge in [0.1, 0.15) is 0 Å². The van der Waals surface area contributed by atoms with E-state index in [0.29, 0.717) is 18.7 Å². The number of benzene rings is 1. The number of hydrogen-bond donors (Lipinski definition) is 1. The molecule has 0 saturated carbocycles. The number of halogens is 3. The maximum absolute atomic E-state index is 12.6. The third-order valence-corrected chi connectivity index (χ3v) is 4.03. The predicted molar refractivity (Wildman–Crippen MR) is 65.8 cm³/mol. The van der Waals surface area contributed by atoms with Gasteiger partial charge in [0.15, 0.2) is 9.84 Å². The summed E-state index contributed by atoms with van der Waals surface area (Å²) in [5.74, 6) is 0. The van der Waals surface area contributed by atoms with Crippen LogP contribution in [0.15, 0.2) is 30.0 Å². The fourth-order valence-corrected chi connectivity index (χ4v) is 3.07. The van der Waals surface area contributed by atoms with Gasteiger partial charge >= 0.3 is 6.18 Å². The second-order valence-electron chi connectivity index (χ2n) is 4.34. The Labute approximate surface area is 109 Å². The Hall–Kier alpha value is -1.50. The number of hydrogen-bond acceptors (Lipinski definition) is 3. The molecule has 1 aromatic rings. The van der Waals surface area contributed by atoms with E-state index < -0.39 is 21.6 Å². The lowest BCUT2D eigenvalue weighted by molar-refractivity contribution is -0.137. The third kappa shape index (κ3) is 2.91. The summed E-state index contributed by atoms with van der Waals surface area (Å²) in [6.07, 6.45) is -2.97. The summed E-state index contributed by atoms with van der Waals surface area (Å²) in [6, 6.07) is 4.37. The standard InChI is InChI=1S/C12H12F3NO2S/c1-19(17,18)11(10-5-6-16-10)8-3-2-4-9(7-8)12(13,14)15/h2-4,7,16H,5-6H2,1H3. The molecule has 1 heterocycles. The van der Waals surface area contributed by atoms with E-state index in [1.807, 2.05) is 0 Å². The van der Waals surface area contributed by atoms with Crippen molar-refractivity contribution in [2.24, 2.45) is 0 Å². The summed E-state index contributed by atoms with van der Waals surface area (Å²) >= 11 is 0. The summed E-state index contributed by atoms with van der Waals surface area (Å²) in [7, 11) is -3.59. The van der Waals surface area contributed by atoms with Gasteiger partial charge < -0.3 is 5.32 Å². The Morgan fingerprint density at radius 1 is 1.32 bits per heavy atom. The van der Waals surface area contributed by atoms with Crippen LogP contribution in [0.3, 0.4) is 0 Å². The van der Waals surface area contributed by atoms with Gasteiger partial charge in [-0.3, -0.25) is 0 Å². The molecule has 1 aromatic carbocycles. The van der Waals surface area contributed by atoms with Crippen molar-refractivity contribution >= 4 is 14.7 Å². The van der Waals surface area contributed by atoms with E-state index in [4.69, 9.17) is 0 Å². The largest absolute Gasteiger partial charge is 0.416 e. The van der Waals surface area contributed by atoms with Crippen molar-refractivity contribution in [2.45, 2.75) is 12.6 Å². The van der Waals surface area contributed by atoms with Gasteiger partial charge in [0.2, 0.25) is 0 Å². The normalized spacial score (nSPS) is 18.5. The minimum atomic E-state index is -4.49. The van der Waals surface area contributed by atoms with Gasteiger partial charge in [0, 0.05) is 24.9 Å². The molecule has 0 unspecified atom stereocenters. The lowest BCUT2D eigenvalue weighted by Crippen LogP contribution is -2.30. The maximum atomic E-state index is 12.6. The van der Waals surface area contributed by atoms with Crippen LogP contribution in [-0.4, -0.2) is 21.2 Å². The molecule has 0 aliphatic carbocycles. The molecule has 1 N–H and O–H groups in total. The van der Waals surface area contributed by atoms with Gasteiger partial charge in [-0.2, -0.15) is 13.2 Å². The summed E-state index contributed by atoms with van der Waals surface area (Å²) in [4.78, 5) is -0.0511. The van der Waals surface area contributed by atoms with Gasteiger partial charge in [0.25, 0.3) is 0 Å². The third-order valence-electron chi connectivity index (χ3n) is 2.81. The fourth-order valence-electron chi connectivity index (χ4n) is 1.89. The molecule has 0 amide bonds. The second-order valence-corrected chi connectivity index (χ2v) is 6.29. The number of nitrogens with one attached hydrogen (secondary N) is 1. The zero-order valence-electron chi connectivity index (χ0n) is 10.1. The molecular weight excluding hydrogens is 279 g/mol. The first-order chi connectivity index (χ1) is 8.69. The van der Waals surface area contributed by atoms with Crippen molar-refractivity contribution in [1.29, 1.82) is 0 Å². The van der Waals surface area contributed by atoms with Crippen LogP contribution in [0, 0.1) is 0 Å². The number of sulfone groups is 1. The summed E-state index contributed by atoms with van der Waals surface area (Å²) < 4.78 is 61.4. The van der Waals surface area contributed by atoms with Gasteiger partial charge in [-0.15, -0.1) is 0 Å². The Morgan fingerprint density at radius 2 is 1.95 bits per heavy atom. The molecule has 1 aliphatic heterocycles. The molecular formula is C12H12F3NO2S. The van der Waals surface area contributed by atoms with Crippen molar-refractivity contribution in [1.82, 2.24) is 5.32 Å². The quantitative estimate of drug-likeness (QED) is 0.910. The molecule has 3 nitrogen and oxygen atoms in total. The van der Waals surface area contributed by atoms with Gasteiger partial charge in [0.05, 0.1) is 10.5 Å². The summed E-state index contributed by atoms with van der Waals surface area (Å²) in [5, 5.41) is 2.83. The van der Waals surface area contributed by atoms with Crippen LogP contribution >= 0.6 is 0 Å². The molecule has 19 heavy (non-hydrogen) atoms. The van der Waals surface area contributed by atoms with E-state index in [1.54, 1.807) is 0 Å². The molecule has 2 rings (SSSR count). The highest BCUT2D eigenvalue weighted by Crippen LogP contribution is 2.33.